The summed E-state index contributed by atoms with van der Waals surface area (Å²) in [5.41, 5.74) is 0.759. The quantitative estimate of drug-likeness (QED) is 0.539. The van der Waals surface area contributed by atoms with Gasteiger partial charge >= 0.3 is 5.76 Å². The van der Waals surface area contributed by atoms with E-state index in [1.54, 1.807) is 12.1 Å². The summed E-state index contributed by atoms with van der Waals surface area (Å²) in [6.45, 7) is -0.312. The van der Waals surface area contributed by atoms with Gasteiger partial charge in [-0.15, -0.1) is 0 Å². The maximum atomic E-state index is 12.3. The van der Waals surface area contributed by atoms with E-state index in [0.717, 1.165) is 4.57 Å². The standard InChI is InChI=1S/C16H12ClN3O6/c1-25-13-7-10(20(23)24)3-4-11(13)18-15(21)8-19-12-5-2-9(17)6-14(12)26-16(19)22/h2-7H,8H2,1H3,(H,18,21). The molecule has 1 amide bonds. The molecule has 2 aromatic carbocycles. The topological polar surface area (TPSA) is 117 Å². The predicted octanol–water partition coefficient (Wildman–Crippen LogP) is 2.80. The molecule has 3 rings (SSSR count). The highest BCUT2D eigenvalue weighted by atomic mass is 35.5. The zero-order valence-corrected chi connectivity index (χ0v) is 14.1. The van der Waals surface area contributed by atoms with Gasteiger partial charge in [0.05, 0.1) is 29.3 Å². The molecule has 26 heavy (non-hydrogen) atoms. The van der Waals surface area contributed by atoms with E-state index < -0.39 is 16.6 Å². The molecule has 0 bridgehead atoms. The second-order valence-electron chi connectivity index (χ2n) is 5.26. The van der Waals surface area contributed by atoms with Crippen LogP contribution in [0.15, 0.2) is 45.6 Å². The summed E-state index contributed by atoms with van der Waals surface area (Å²) in [6, 6.07) is 8.41. The van der Waals surface area contributed by atoms with Crippen LogP contribution in [0.3, 0.4) is 0 Å². The van der Waals surface area contributed by atoms with Gasteiger partial charge in [0.15, 0.2) is 5.58 Å². The van der Waals surface area contributed by atoms with E-state index in [1.807, 2.05) is 0 Å². The minimum atomic E-state index is -0.701. The number of oxazole rings is 1. The number of anilines is 1. The van der Waals surface area contributed by atoms with Crippen LogP contribution in [0.2, 0.25) is 5.02 Å². The molecular weight excluding hydrogens is 366 g/mol. The number of carbonyl (C=O) groups excluding carboxylic acids is 1. The van der Waals surface area contributed by atoms with Gasteiger partial charge in [0.1, 0.15) is 12.3 Å². The number of hydrogen-bond donors (Lipinski definition) is 1. The average Bonchev–Trinajstić information content (AvgIpc) is 2.89. The monoisotopic (exact) mass is 377 g/mol. The van der Waals surface area contributed by atoms with Gasteiger partial charge < -0.3 is 14.5 Å². The number of amides is 1. The number of methoxy groups -OCH3 is 1. The first kappa shape index (κ1) is 17.5. The second-order valence-corrected chi connectivity index (χ2v) is 5.69. The van der Waals surface area contributed by atoms with E-state index in [4.69, 9.17) is 20.8 Å². The number of non-ortho nitro benzene ring substituents is 1. The molecule has 0 atom stereocenters. The Morgan fingerprint density at radius 2 is 2.12 bits per heavy atom. The average molecular weight is 378 g/mol. The molecule has 0 spiro atoms. The molecule has 0 saturated carbocycles. The fourth-order valence-corrected chi connectivity index (χ4v) is 2.58. The van der Waals surface area contributed by atoms with Crippen molar-refractivity contribution in [2.45, 2.75) is 6.54 Å². The molecule has 3 aromatic rings. The van der Waals surface area contributed by atoms with Crippen molar-refractivity contribution < 1.29 is 18.9 Å². The van der Waals surface area contributed by atoms with Gasteiger partial charge in [-0.25, -0.2) is 4.79 Å². The van der Waals surface area contributed by atoms with E-state index in [0.29, 0.717) is 10.5 Å². The van der Waals surface area contributed by atoms with E-state index in [-0.39, 0.29) is 29.3 Å². The molecule has 0 aliphatic rings. The van der Waals surface area contributed by atoms with Crippen LogP contribution in [0.5, 0.6) is 5.75 Å². The molecule has 0 aliphatic heterocycles. The lowest BCUT2D eigenvalue weighted by Gasteiger charge is -2.10. The van der Waals surface area contributed by atoms with Gasteiger partial charge in [0, 0.05) is 17.2 Å². The third-order valence-electron chi connectivity index (χ3n) is 3.60. The van der Waals surface area contributed by atoms with Crippen LogP contribution in [0.1, 0.15) is 0 Å². The maximum Gasteiger partial charge on any atom is 0.420 e. The van der Waals surface area contributed by atoms with Crippen LogP contribution < -0.4 is 15.8 Å². The number of nitro benzene ring substituents is 1. The summed E-state index contributed by atoms with van der Waals surface area (Å²) < 4.78 is 11.3. The third kappa shape index (κ3) is 3.38. The molecule has 0 aliphatic carbocycles. The molecule has 134 valence electrons. The number of nitrogens with zero attached hydrogens (tertiary/aromatic N) is 2. The first-order valence-corrected chi connectivity index (χ1v) is 7.68. The minimum Gasteiger partial charge on any atom is -0.494 e. The summed E-state index contributed by atoms with van der Waals surface area (Å²) in [4.78, 5) is 34.5. The molecule has 0 radical (unpaired) electrons. The largest absolute Gasteiger partial charge is 0.494 e. The van der Waals surface area contributed by atoms with Gasteiger partial charge in [-0.05, 0) is 18.2 Å². The zero-order chi connectivity index (χ0) is 18.8. The highest BCUT2D eigenvalue weighted by Gasteiger charge is 2.16. The Morgan fingerprint density at radius 1 is 1.35 bits per heavy atom. The van der Waals surface area contributed by atoms with Crippen LogP contribution in [0.4, 0.5) is 11.4 Å². The Kier molecular flexibility index (Phi) is 4.63. The van der Waals surface area contributed by atoms with Crippen molar-refractivity contribution in [2.24, 2.45) is 0 Å². The summed E-state index contributed by atoms with van der Waals surface area (Å²) in [5, 5.41) is 13.8. The molecule has 0 saturated heterocycles. The Bertz CT molecular complexity index is 1070. The Balaban J connectivity index is 1.85. The molecule has 1 N–H and O–H groups in total. The van der Waals surface area contributed by atoms with Crippen LogP contribution in [-0.2, 0) is 11.3 Å². The van der Waals surface area contributed by atoms with Crippen molar-refractivity contribution >= 4 is 40.0 Å². The lowest BCUT2D eigenvalue weighted by atomic mass is 10.2. The first-order chi connectivity index (χ1) is 12.4. The summed E-state index contributed by atoms with van der Waals surface area (Å²) in [5.74, 6) is -1.10. The van der Waals surface area contributed by atoms with Gasteiger partial charge in [0.25, 0.3) is 5.69 Å². The number of nitro groups is 1. The Morgan fingerprint density at radius 3 is 2.81 bits per heavy atom. The van der Waals surface area contributed by atoms with E-state index in [1.165, 1.54) is 31.4 Å². The highest BCUT2D eigenvalue weighted by Crippen LogP contribution is 2.29. The molecule has 9 nitrogen and oxygen atoms in total. The molecule has 0 fully saturated rings. The smallest absolute Gasteiger partial charge is 0.420 e. The van der Waals surface area contributed by atoms with Crippen molar-refractivity contribution in [1.29, 1.82) is 0 Å². The SMILES string of the molecule is COc1cc([N+](=O)[O-])ccc1NC(=O)Cn1c(=O)oc2cc(Cl)ccc21. The minimum absolute atomic E-state index is 0.128. The van der Waals surface area contributed by atoms with E-state index >= 15 is 0 Å². The lowest BCUT2D eigenvalue weighted by molar-refractivity contribution is -0.384. The zero-order valence-electron chi connectivity index (χ0n) is 13.4. The van der Waals surface area contributed by atoms with Crippen molar-refractivity contribution in [3.63, 3.8) is 0 Å². The number of carbonyl (C=O) groups is 1. The normalized spacial score (nSPS) is 10.7. The van der Waals surface area contributed by atoms with Crippen LogP contribution in [0.25, 0.3) is 11.1 Å². The number of aromatic nitrogens is 1. The summed E-state index contributed by atoms with van der Waals surface area (Å²) in [7, 11) is 1.33. The molecule has 1 heterocycles. The van der Waals surface area contributed by atoms with Crippen molar-refractivity contribution in [1.82, 2.24) is 4.57 Å². The van der Waals surface area contributed by atoms with Crippen LogP contribution in [-0.4, -0.2) is 22.5 Å². The number of benzene rings is 2. The molecule has 1 aromatic heterocycles. The fourth-order valence-electron chi connectivity index (χ4n) is 2.42. The third-order valence-corrected chi connectivity index (χ3v) is 3.84. The molecule has 0 unspecified atom stereocenters. The molecule has 10 heteroatoms. The summed E-state index contributed by atoms with van der Waals surface area (Å²) >= 11 is 5.85. The summed E-state index contributed by atoms with van der Waals surface area (Å²) in [6.07, 6.45) is 0. The van der Waals surface area contributed by atoms with E-state index in [2.05, 4.69) is 5.32 Å². The van der Waals surface area contributed by atoms with Gasteiger partial charge in [0.2, 0.25) is 5.91 Å². The number of nitrogens with one attached hydrogen (secondary N) is 1. The van der Waals surface area contributed by atoms with Crippen LogP contribution >= 0.6 is 11.6 Å². The van der Waals surface area contributed by atoms with Crippen molar-refractivity contribution in [3.05, 3.63) is 62.1 Å². The number of ether oxygens (including phenoxy) is 1. The lowest BCUT2D eigenvalue weighted by Crippen LogP contribution is -2.24. The van der Waals surface area contributed by atoms with Crippen LogP contribution in [0, 0.1) is 10.1 Å². The van der Waals surface area contributed by atoms with Crippen molar-refractivity contribution in [3.8, 4) is 5.75 Å². The highest BCUT2D eigenvalue weighted by molar-refractivity contribution is 6.31. The number of rotatable bonds is 5. The second kappa shape index (κ2) is 6.89. The number of fused-ring (bicyclic) bond motifs is 1. The van der Waals surface area contributed by atoms with Crippen molar-refractivity contribution in [2.75, 3.05) is 12.4 Å². The predicted molar refractivity (Wildman–Crippen MR) is 93.8 cm³/mol. The number of hydrogen-bond acceptors (Lipinski definition) is 6. The van der Waals surface area contributed by atoms with E-state index in [9.17, 15) is 19.7 Å². The molecular formula is C16H12ClN3O6. The first-order valence-electron chi connectivity index (χ1n) is 7.30. The van der Waals surface area contributed by atoms with Gasteiger partial charge in [-0.3, -0.25) is 19.5 Å². The van der Waals surface area contributed by atoms with Gasteiger partial charge in [-0.2, -0.15) is 0 Å². The number of halogens is 1. The fraction of sp³-hybridized carbons (Fsp3) is 0.125. The Labute approximate surface area is 150 Å². The maximum absolute atomic E-state index is 12.3. The Hall–Kier alpha value is -3.33. The van der Waals surface area contributed by atoms with Gasteiger partial charge in [-0.1, -0.05) is 11.6 Å².